The van der Waals surface area contributed by atoms with E-state index in [-0.39, 0.29) is 29.2 Å². The summed E-state index contributed by atoms with van der Waals surface area (Å²) < 4.78 is 0. The Morgan fingerprint density at radius 2 is 2.05 bits per heavy atom. The summed E-state index contributed by atoms with van der Waals surface area (Å²) in [6.45, 7) is 0. The lowest BCUT2D eigenvalue weighted by molar-refractivity contribution is -0.384. The summed E-state index contributed by atoms with van der Waals surface area (Å²) in [6, 6.07) is 3.59. The third-order valence-electron chi connectivity index (χ3n) is 3.46. The minimum atomic E-state index is -1.45. The SMILES string of the molecule is O=C(O)C1(C(=O)Nc2cc([N+](=O)[O-])ccc2Cl)CCC1. The van der Waals surface area contributed by atoms with Gasteiger partial charge in [0.1, 0.15) is 5.41 Å². The minimum absolute atomic E-state index is 0.0402. The second-order valence-electron chi connectivity index (χ2n) is 4.62. The predicted octanol–water partition coefficient (Wildman–Crippen LogP) is 2.44. The second-order valence-corrected chi connectivity index (χ2v) is 5.02. The Morgan fingerprint density at radius 3 is 2.50 bits per heavy atom. The third-order valence-corrected chi connectivity index (χ3v) is 3.79. The molecule has 0 saturated heterocycles. The number of aliphatic carboxylic acids is 1. The molecule has 1 aromatic rings. The van der Waals surface area contributed by atoms with E-state index in [1.165, 1.54) is 12.1 Å². The molecule has 1 aromatic carbocycles. The Balaban J connectivity index is 2.26. The van der Waals surface area contributed by atoms with Crippen molar-refractivity contribution in [1.29, 1.82) is 0 Å². The highest BCUT2D eigenvalue weighted by molar-refractivity contribution is 6.34. The molecule has 0 spiro atoms. The summed E-state index contributed by atoms with van der Waals surface area (Å²) in [5.74, 6) is -1.89. The summed E-state index contributed by atoms with van der Waals surface area (Å²) in [6.07, 6.45) is 1.16. The van der Waals surface area contributed by atoms with Gasteiger partial charge in [-0.05, 0) is 18.9 Å². The van der Waals surface area contributed by atoms with E-state index in [2.05, 4.69) is 5.32 Å². The highest BCUT2D eigenvalue weighted by Crippen LogP contribution is 2.42. The number of carboxylic acids is 1. The van der Waals surface area contributed by atoms with Crippen molar-refractivity contribution >= 4 is 34.9 Å². The Bertz CT molecular complexity index is 598. The Labute approximate surface area is 118 Å². The molecule has 2 N–H and O–H groups in total. The molecule has 0 aliphatic heterocycles. The zero-order valence-electron chi connectivity index (χ0n) is 10.3. The van der Waals surface area contributed by atoms with Gasteiger partial charge in [-0.1, -0.05) is 18.0 Å². The fraction of sp³-hybridized carbons (Fsp3) is 0.333. The van der Waals surface area contributed by atoms with E-state index in [4.69, 9.17) is 16.7 Å². The molecule has 1 amide bonds. The van der Waals surface area contributed by atoms with Gasteiger partial charge in [-0.3, -0.25) is 19.7 Å². The molecule has 20 heavy (non-hydrogen) atoms. The van der Waals surface area contributed by atoms with Gasteiger partial charge in [0.15, 0.2) is 0 Å². The van der Waals surface area contributed by atoms with Crippen LogP contribution in [0.15, 0.2) is 18.2 Å². The van der Waals surface area contributed by atoms with E-state index in [9.17, 15) is 19.7 Å². The average Bonchev–Trinajstić information content (AvgIpc) is 2.29. The molecule has 1 aliphatic carbocycles. The molecular weight excluding hydrogens is 288 g/mol. The van der Waals surface area contributed by atoms with Gasteiger partial charge in [-0.25, -0.2) is 0 Å². The van der Waals surface area contributed by atoms with E-state index in [0.717, 1.165) is 6.07 Å². The van der Waals surface area contributed by atoms with E-state index in [1.807, 2.05) is 0 Å². The van der Waals surface area contributed by atoms with Crippen molar-refractivity contribution in [1.82, 2.24) is 0 Å². The van der Waals surface area contributed by atoms with E-state index in [0.29, 0.717) is 6.42 Å². The van der Waals surface area contributed by atoms with Crippen molar-refractivity contribution < 1.29 is 19.6 Å². The topological polar surface area (TPSA) is 110 Å². The van der Waals surface area contributed by atoms with Crippen molar-refractivity contribution in [3.63, 3.8) is 0 Å². The first-order chi connectivity index (χ1) is 9.36. The Kier molecular flexibility index (Phi) is 3.63. The molecule has 0 radical (unpaired) electrons. The molecule has 1 fully saturated rings. The van der Waals surface area contributed by atoms with Crippen LogP contribution in [0.4, 0.5) is 11.4 Å². The minimum Gasteiger partial charge on any atom is -0.480 e. The lowest BCUT2D eigenvalue weighted by Gasteiger charge is -2.35. The molecule has 0 atom stereocenters. The molecule has 0 aromatic heterocycles. The van der Waals surface area contributed by atoms with Crippen LogP contribution in [0.2, 0.25) is 5.02 Å². The van der Waals surface area contributed by atoms with Crippen molar-refractivity contribution in [2.45, 2.75) is 19.3 Å². The average molecular weight is 299 g/mol. The number of carbonyl (C=O) groups excluding carboxylic acids is 1. The van der Waals surface area contributed by atoms with E-state index in [1.54, 1.807) is 0 Å². The Hall–Kier alpha value is -2.15. The summed E-state index contributed by atoms with van der Waals surface area (Å²) in [7, 11) is 0. The number of nitrogens with one attached hydrogen (secondary N) is 1. The van der Waals surface area contributed by atoms with Gasteiger partial charge < -0.3 is 10.4 Å². The number of amides is 1. The number of non-ortho nitro benzene ring substituents is 1. The molecule has 1 aliphatic rings. The molecule has 0 unspecified atom stereocenters. The highest BCUT2D eigenvalue weighted by Gasteiger charge is 2.51. The first-order valence-electron chi connectivity index (χ1n) is 5.85. The maximum absolute atomic E-state index is 12.1. The fourth-order valence-corrected chi connectivity index (χ4v) is 2.20. The van der Waals surface area contributed by atoms with Gasteiger partial charge in [-0.15, -0.1) is 0 Å². The zero-order chi connectivity index (χ0) is 14.9. The van der Waals surface area contributed by atoms with Crippen molar-refractivity contribution in [3.8, 4) is 0 Å². The summed E-state index contributed by atoms with van der Waals surface area (Å²) in [4.78, 5) is 33.3. The number of rotatable bonds is 4. The van der Waals surface area contributed by atoms with Crippen LogP contribution in [0.3, 0.4) is 0 Å². The van der Waals surface area contributed by atoms with Crippen molar-refractivity contribution in [2.75, 3.05) is 5.32 Å². The van der Waals surface area contributed by atoms with Crippen LogP contribution >= 0.6 is 11.6 Å². The van der Waals surface area contributed by atoms with Crippen LogP contribution in [-0.4, -0.2) is 21.9 Å². The lowest BCUT2D eigenvalue weighted by atomic mass is 9.68. The summed E-state index contributed by atoms with van der Waals surface area (Å²) in [5.41, 5.74) is -1.64. The highest BCUT2D eigenvalue weighted by atomic mass is 35.5. The molecular formula is C12H11ClN2O5. The number of halogens is 1. The standard InChI is InChI=1S/C12H11ClN2O5/c13-8-3-2-7(15(19)20)6-9(8)14-10(16)12(11(17)18)4-1-5-12/h2-3,6H,1,4-5H2,(H,14,16)(H,17,18). The number of nitro benzene ring substituents is 1. The number of anilines is 1. The van der Waals surface area contributed by atoms with Crippen LogP contribution in [0.5, 0.6) is 0 Å². The predicted molar refractivity (Wildman–Crippen MR) is 70.7 cm³/mol. The molecule has 0 heterocycles. The second kappa shape index (κ2) is 5.09. The van der Waals surface area contributed by atoms with E-state index < -0.39 is 22.2 Å². The van der Waals surface area contributed by atoms with Crippen LogP contribution < -0.4 is 5.32 Å². The van der Waals surface area contributed by atoms with Gasteiger partial charge in [0.25, 0.3) is 5.69 Å². The van der Waals surface area contributed by atoms with Crippen LogP contribution in [0.1, 0.15) is 19.3 Å². The molecule has 106 valence electrons. The number of benzene rings is 1. The van der Waals surface area contributed by atoms with Gasteiger partial charge >= 0.3 is 5.97 Å². The molecule has 1 saturated carbocycles. The largest absolute Gasteiger partial charge is 0.480 e. The summed E-state index contributed by atoms with van der Waals surface area (Å²) in [5, 5.41) is 22.3. The number of carbonyl (C=O) groups is 2. The van der Waals surface area contributed by atoms with Crippen molar-refractivity contribution in [3.05, 3.63) is 33.3 Å². The molecule has 2 rings (SSSR count). The van der Waals surface area contributed by atoms with Gasteiger partial charge in [0.05, 0.1) is 15.6 Å². The van der Waals surface area contributed by atoms with Gasteiger partial charge in [0.2, 0.25) is 5.91 Å². The first kappa shape index (κ1) is 14.3. The molecule has 7 nitrogen and oxygen atoms in total. The molecule has 8 heteroatoms. The first-order valence-corrected chi connectivity index (χ1v) is 6.23. The fourth-order valence-electron chi connectivity index (χ4n) is 2.03. The third kappa shape index (κ3) is 2.32. The number of hydrogen-bond donors (Lipinski definition) is 2. The lowest BCUT2D eigenvalue weighted by Crippen LogP contribution is -2.48. The maximum Gasteiger partial charge on any atom is 0.319 e. The number of hydrogen-bond acceptors (Lipinski definition) is 4. The smallest absolute Gasteiger partial charge is 0.319 e. The number of carboxylic acid groups (broad SMARTS) is 1. The number of nitro groups is 1. The van der Waals surface area contributed by atoms with Crippen molar-refractivity contribution in [2.24, 2.45) is 5.41 Å². The van der Waals surface area contributed by atoms with Crippen LogP contribution in [-0.2, 0) is 9.59 Å². The molecule has 0 bridgehead atoms. The van der Waals surface area contributed by atoms with Gasteiger partial charge in [-0.2, -0.15) is 0 Å². The van der Waals surface area contributed by atoms with E-state index >= 15 is 0 Å². The van der Waals surface area contributed by atoms with Gasteiger partial charge in [0, 0.05) is 12.1 Å². The Morgan fingerprint density at radius 1 is 1.40 bits per heavy atom. The van der Waals surface area contributed by atoms with Crippen LogP contribution in [0, 0.1) is 15.5 Å². The quantitative estimate of drug-likeness (QED) is 0.504. The van der Waals surface area contributed by atoms with Crippen LogP contribution in [0.25, 0.3) is 0 Å². The maximum atomic E-state index is 12.1. The number of nitrogens with zero attached hydrogens (tertiary/aromatic N) is 1. The normalized spacial score (nSPS) is 16.1. The zero-order valence-corrected chi connectivity index (χ0v) is 11.0. The summed E-state index contributed by atoms with van der Waals surface area (Å²) >= 11 is 5.85. The monoisotopic (exact) mass is 298 g/mol.